The molecule has 3 rings (SSSR count). The first-order valence-corrected chi connectivity index (χ1v) is 12.3. The normalized spacial score (nSPS) is 20.1. The van der Waals surface area contributed by atoms with E-state index < -0.39 is 10.0 Å². The van der Waals surface area contributed by atoms with Crippen molar-refractivity contribution >= 4 is 32.4 Å². The number of nitrogens with zero attached hydrogens (tertiary/aromatic N) is 2. The maximum Gasteiger partial charge on any atom is 0.257 e. The smallest absolute Gasteiger partial charge is 0.257 e. The standard InChI is InChI=1S/C21H28N4O3S2/c1-4-9-22-30(27,28)19-7-5-17(6-8-19)20(26)24-21-23-18(14-29-21)13-25-11-15(2)10-16(3)12-25/h4-8,14-16,22H,1,9-13H2,2-3H3,(H,23,24,26). The summed E-state index contributed by atoms with van der Waals surface area (Å²) in [4.78, 5) is 19.6. The number of hydrogen-bond donors (Lipinski definition) is 2. The van der Waals surface area contributed by atoms with Crippen LogP contribution < -0.4 is 10.0 Å². The van der Waals surface area contributed by atoms with E-state index in [1.54, 1.807) is 0 Å². The van der Waals surface area contributed by atoms with Crippen LogP contribution in [0.15, 0.2) is 47.2 Å². The van der Waals surface area contributed by atoms with Crippen molar-refractivity contribution in [3.63, 3.8) is 0 Å². The molecular weight excluding hydrogens is 420 g/mol. The molecule has 0 saturated carbocycles. The molecule has 162 valence electrons. The lowest BCUT2D eigenvalue weighted by Gasteiger charge is -2.34. The van der Waals surface area contributed by atoms with Gasteiger partial charge in [-0.3, -0.25) is 15.0 Å². The van der Waals surface area contributed by atoms with Crippen LogP contribution in [0.25, 0.3) is 0 Å². The summed E-state index contributed by atoms with van der Waals surface area (Å²) < 4.78 is 26.6. The van der Waals surface area contributed by atoms with Gasteiger partial charge in [0.05, 0.1) is 10.6 Å². The Bertz CT molecular complexity index is 976. The molecule has 0 bridgehead atoms. The molecule has 2 unspecified atom stereocenters. The summed E-state index contributed by atoms with van der Waals surface area (Å²) >= 11 is 1.39. The van der Waals surface area contributed by atoms with Crippen molar-refractivity contribution in [1.29, 1.82) is 0 Å². The predicted molar refractivity (Wildman–Crippen MR) is 120 cm³/mol. The van der Waals surface area contributed by atoms with Crippen molar-refractivity contribution in [2.75, 3.05) is 25.0 Å². The first kappa shape index (κ1) is 22.6. The number of carbonyl (C=O) groups is 1. The van der Waals surface area contributed by atoms with Gasteiger partial charge in [0.2, 0.25) is 10.0 Å². The molecule has 2 aromatic rings. The van der Waals surface area contributed by atoms with Crippen molar-refractivity contribution in [1.82, 2.24) is 14.6 Å². The quantitative estimate of drug-likeness (QED) is 0.605. The summed E-state index contributed by atoms with van der Waals surface area (Å²) in [6.45, 7) is 11.1. The van der Waals surface area contributed by atoms with Crippen LogP contribution in [0, 0.1) is 11.8 Å². The first-order chi connectivity index (χ1) is 14.3. The van der Waals surface area contributed by atoms with Gasteiger partial charge in [-0.15, -0.1) is 17.9 Å². The van der Waals surface area contributed by atoms with Gasteiger partial charge in [-0.25, -0.2) is 18.1 Å². The van der Waals surface area contributed by atoms with Gasteiger partial charge in [0.25, 0.3) is 5.91 Å². The Morgan fingerprint density at radius 2 is 1.93 bits per heavy atom. The lowest BCUT2D eigenvalue weighted by molar-refractivity contribution is 0.102. The number of thiazole rings is 1. The van der Waals surface area contributed by atoms with Gasteiger partial charge >= 0.3 is 0 Å². The van der Waals surface area contributed by atoms with E-state index >= 15 is 0 Å². The molecule has 0 aliphatic carbocycles. The Kier molecular flexibility index (Phi) is 7.41. The van der Waals surface area contributed by atoms with E-state index in [1.807, 2.05) is 5.38 Å². The van der Waals surface area contributed by atoms with Gasteiger partial charge in [0.15, 0.2) is 5.13 Å². The molecule has 1 fully saturated rings. The minimum Gasteiger partial charge on any atom is -0.298 e. The van der Waals surface area contributed by atoms with Crippen LogP contribution in [0.1, 0.15) is 36.3 Å². The molecule has 2 atom stereocenters. The number of piperidine rings is 1. The van der Waals surface area contributed by atoms with Crippen LogP contribution in [-0.2, 0) is 16.6 Å². The Balaban J connectivity index is 1.59. The van der Waals surface area contributed by atoms with E-state index in [-0.39, 0.29) is 17.3 Å². The molecule has 2 N–H and O–H groups in total. The number of benzene rings is 1. The molecule has 2 heterocycles. The summed E-state index contributed by atoms with van der Waals surface area (Å²) in [6, 6.07) is 5.80. The molecule has 1 saturated heterocycles. The zero-order valence-electron chi connectivity index (χ0n) is 17.3. The Morgan fingerprint density at radius 1 is 1.27 bits per heavy atom. The summed E-state index contributed by atoms with van der Waals surface area (Å²) in [5.74, 6) is 1.05. The number of carbonyl (C=O) groups excluding carboxylic acids is 1. The number of nitrogens with one attached hydrogen (secondary N) is 2. The molecular formula is C21H28N4O3S2. The largest absolute Gasteiger partial charge is 0.298 e. The highest BCUT2D eigenvalue weighted by Gasteiger charge is 2.22. The van der Waals surface area contributed by atoms with Gasteiger partial charge < -0.3 is 0 Å². The van der Waals surface area contributed by atoms with Crippen LogP contribution in [-0.4, -0.2) is 43.8 Å². The lowest BCUT2D eigenvalue weighted by atomic mass is 9.92. The van der Waals surface area contributed by atoms with E-state index in [9.17, 15) is 13.2 Å². The van der Waals surface area contributed by atoms with Crippen molar-refractivity contribution < 1.29 is 13.2 Å². The Hall–Kier alpha value is -2.07. The summed E-state index contributed by atoms with van der Waals surface area (Å²) in [7, 11) is -3.61. The highest BCUT2D eigenvalue weighted by molar-refractivity contribution is 7.89. The van der Waals surface area contributed by atoms with E-state index in [0.29, 0.717) is 22.5 Å². The number of hydrogen-bond acceptors (Lipinski definition) is 6. The van der Waals surface area contributed by atoms with Crippen molar-refractivity contribution in [3.8, 4) is 0 Å². The molecule has 1 aromatic carbocycles. The van der Waals surface area contributed by atoms with Gasteiger partial charge in [-0.2, -0.15) is 0 Å². The topological polar surface area (TPSA) is 91.4 Å². The van der Waals surface area contributed by atoms with Crippen molar-refractivity contribution in [2.24, 2.45) is 11.8 Å². The van der Waals surface area contributed by atoms with Crippen LogP contribution >= 0.6 is 11.3 Å². The van der Waals surface area contributed by atoms with Gasteiger partial charge in [0.1, 0.15) is 0 Å². The average Bonchev–Trinajstić information content (AvgIpc) is 3.12. The maximum atomic E-state index is 12.5. The van der Waals surface area contributed by atoms with Crippen LogP contribution in [0.4, 0.5) is 5.13 Å². The molecule has 0 radical (unpaired) electrons. The average molecular weight is 449 g/mol. The second-order valence-corrected chi connectivity index (χ2v) is 10.5. The fraction of sp³-hybridized carbons (Fsp3) is 0.429. The van der Waals surface area contributed by atoms with Crippen molar-refractivity contribution in [3.05, 3.63) is 53.6 Å². The van der Waals surface area contributed by atoms with Crippen LogP contribution in [0.3, 0.4) is 0 Å². The first-order valence-electron chi connectivity index (χ1n) is 9.95. The fourth-order valence-electron chi connectivity index (χ4n) is 3.79. The van der Waals surface area contributed by atoms with E-state index in [1.165, 1.54) is 48.1 Å². The number of sulfonamides is 1. The zero-order valence-corrected chi connectivity index (χ0v) is 18.9. The fourth-order valence-corrected chi connectivity index (χ4v) is 5.49. The minimum absolute atomic E-state index is 0.0995. The van der Waals surface area contributed by atoms with Gasteiger partial charge in [0, 0.05) is 37.1 Å². The highest BCUT2D eigenvalue weighted by Crippen LogP contribution is 2.24. The molecule has 1 amide bonds. The number of likely N-dealkylation sites (tertiary alicyclic amines) is 1. The highest BCUT2D eigenvalue weighted by atomic mass is 32.2. The SMILES string of the molecule is C=CCNS(=O)(=O)c1ccc(C(=O)Nc2nc(CN3CC(C)CC(C)C3)cs2)cc1. The third kappa shape index (κ3) is 5.98. The predicted octanol–water partition coefficient (Wildman–Crippen LogP) is 3.34. The van der Waals surface area contributed by atoms with Gasteiger partial charge in [-0.1, -0.05) is 19.9 Å². The second-order valence-electron chi connectivity index (χ2n) is 7.90. The summed E-state index contributed by atoms with van der Waals surface area (Å²) in [5.41, 5.74) is 1.32. The summed E-state index contributed by atoms with van der Waals surface area (Å²) in [5, 5.41) is 5.31. The lowest BCUT2D eigenvalue weighted by Crippen LogP contribution is -2.38. The zero-order chi connectivity index (χ0) is 21.7. The molecule has 0 spiro atoms. The number of aromatic nitrogens is 1. The number of amides is 1. The monoisotopic (exact) mass is 448 g/mol. The number of anilines is 1. The van der Waals surface area contributed by atoms with E-state index in [0.717, 1.165) is 25.3 Å². The second kappa shape index (κ2) is 9.82. The number of rotatable bonds is 8. The molecule has 1 aliphatic heterocycles. The third-order valence-corrected chi connectivity index (χ3v) is 7.19. The maximum absolute atomic E-state index is 12.5. The van der Waals surface area contributed by atoms with E-state index in [2.05, 4.69) is 40.3 Å². The van der Waals surface area contributed by atoms with Crippen LogP contribution in [0.2, 0.25) is 0 Å². The minimum atomic E-state index is -3.61. The van der Waals surface area contributed by atoms with Gasteiger partial charge in [-0.05, 0) is 42.5 Å². The Labute approximate surface area is 182 Å². The molecule has 7 nitrogen and oxygen atoms in total. The molecule has 30 heavy (non-hydrogen) atoms. The van der Waals surface area contributed by atoms with E-state index in [4.69, 9.17) is 0 Å². The Morgan fingerprint density at radius 3 is 2.57 bits per heavy atom. The van der Waals surface area contributed by atoms with Crippen molar-refractivity contribution in [2.45, 2.75) is 31.7 Å². The molecule has 9 heteroatoms. The van der Waals surface area contributed by atoms with Crippen LogP contribution in [0.5, 0.6) is 0 Å². The molecule has 1 aliphatic rings. The summed E-state index contributed by atoms with van der Waals surface area (Å²) in [6.07, 6.45) is 2.73. The molecule has 1 aromatic heterocycles. The third-order valence-electron chi connectivity index (χ3n) is 4.95.